The van der Waals surface area contributed by atoms with Crippen molar-refractivity contribution in [1.82, 2.24) is 10.2 Å². The molecule has 0 atom stereocenters. The fraction of sp³-hybridized carbons (Fsp3) is 0.636. The molecule has 3 rings (SSSR count). The Morgan fingerprint density at radius 1 is 1.04 bits per heavy atom. The number of likely N-dealkylation sites (N-methyl/N-ethyl adjacent to an activating group) is 1. The largest absolute Gasteiger partial charge is 0.376 e. The first kappa shape index (κ1) is 21.0. The molecule has 2 fully saturated rings. The number of carbonyl (C=O) groups excluding carboxylic acids is 2. The number of rotatable bonds is 6. The van der Waals surface area contributed by atoms with Crippen LogP contribution in [0, 0.1) is 0 Å². The molecule has 6 heteroatoms. The minimum Gasteiger partial charge on any atom is -0.376 e. The summed E-state index contributed by atoms with van der Waals surface area (Å²) >= 11 is 6.26. The van der Waals surface area contributed by atoms with Crippen molar-refractivity contribution in [3.8, 4) is 0 Å². The number of nitrogens with zero attached hydrogens (tertiary/aromatic N) is 1. The fourth-order valence-electron chi connectivity index (χ4n) is 4.29. The summed E-state index contributed by atoms with van der Waals surface area (Å²) in [4.78, 5) is 27.0. The van der Waals surface area contributed by atoms with Crippen LogP contribution < -0.4 is 10.6 Å². The van der Waals surface area contributed by atoms with E-state index in [1.807, 2.05) is 18.0 Å². The third-order valence-corrected chi connectivity index (χ3v) is 6.44. The number of hydrogen-bond donors (Lipinski definition) is 2. The number of hydrogen-bond acceptors (Lipinski definition) is 3. The molecular weight excluding hydrogens is 374 g/mol. The fourth-order valence-corrected chi connectivity index (χ4v) is 4.50. The smallest absolute Gasteiger partial charge is 0.253 e. The second-order valence-electron chi connectivity index (χ2n) is 8.15. The van der Waals surface area contributed by atoms with Crippen molar-refractivity contribution < 1.29 is 9.59 Å². The summed E-state index contributed by atoms with van der Waals surface area (Å²) in [5.41, 5.74) is 1.20. The molecule has 0 radical (unpaired) electrons. The van der Waals surface area contributed by atoms with E-state index in [4.69, 9.17) is 11.6 Å². The van der Waals surface area contributed by atoms with Crippen molar-refractivity contribution in [2.24, 2.45) is 0 Å². The normalized spacial score (nSPS) is 18.5. The summed E-state index contributed by atoms with van der Waals surface area (Å²) in [6.45, 7) is 0.221. The van der Waals surface area contributed by atoms with E-state index in [1.54, 1.807) is 12.1 Å². The Morgan fingerprint density at radius 3 is 2.36 bits per heavy atom. The monoisotopic (exact) mass is 405 g/mol. The molecule has 2 saturated carbocycles. The zero-order chi connectivity index (χ0) is 19.9. The van der Waals surface area contributed by atoms with Gasteiger partial charge in [-0.25, -0.2) is 0 Å². The van der Waals surface area contributed by atoms with Crippen LogP contribution in [0.4, 0.5) is 5.69 Å². The predicted octanol–water partition coefficient (Wildman–Crippen LogP) is 4.61. The lowest BCUT2D eigenvalue weighted by Gasteiger charge is -2.31. The molecule has 0 aliphatic heterocycles. The van der Waals surface area contributed by atoms with Crippen molar-refractivity contribution in [3.63, 3.8) is 0 Å². The third kappa shape index (κ3) is 5.63. The third-order valence-electron chi connectivity index (χ3n) is 6.11. The number of benzene rings is 1. The minimum absolute atomic E-state index is 0.0788. The highest BCUT2D eigenvalue weighted by Crippen LogP contribution is 2.24. The van der Waals surface area contributed by atoms with Crippen LogP contribution in [0.25, 0.3) is 0 Å². The summed E-state index contributed by atoms with van der Waals surface area (Å²) in [6, 6.07) is 5.86. The molecule has 0 aromatic heterocycles. The van der Waals surface area contributed by atoms with Crippen molar-refractivity contribution >= 4 is 29.1 Å². The lowest BCUT2D eigenvalue weighted by molar-refractivity contribution is -0.130. The van der Waals surface area contributed by atoms with Gasteiger partial charge in [0.2, 0.25) is 5.91 Å². The first-order chi connectivity index (χ1) is 13.5. The van der Waals surface area contributed by atoms with Crippen LogP contribution in [-0.2, 0) is 4.79 Å². The van der Waals surface area contributed by atoms with Gasteiger partial charge in [0.1, 0.15) is 0 Å². The molecule has 0 unspecified atom stereocenters. The van der Waals surface area contributed by atoms with E-state index in [-0.39, 0.29) is 24.4 Å². The van der Waals surface area contributed by atoms with Gasteiger partial charge in [0, 0.05) is 24.8 Å². The van der Waals surface area contributed by atoms with Gasteiger partial charge in [0.15, 0.2) is 0 Å². The predicted molar refractivity (Wildman–Crippen MR) is 114 cm³/mol. The molecule has 2 aliphatic rings. The maximum absolute atomic E-state index is 12.6. The maximum Gasteiger partial charge on any atom is 0.253 e. The van der Waals surface area contributed by atoms with Crippen molar-refractivity contribution in [3.05, 3.63) is 28.8 Å². The highest BCUT2D eigenvalue weighted by molar-refractivity contribution is 6.34. The SMILES string of the molecule is CN(C(=O)CNc1ccc(Cl)c(C(=O)NC2CCCCC2)c1)C1CCCCC1. The number of amides is 2. The Morgan fingerprint density at radius 2 is 1.68 bits per heavy atom. The first-order valence-corrected chi connectivity index (χ1v) is 11.0. The van der Waals surface area contributed by atoms with Gasteiger partial charge < -0.3 is 15.5 Å². The van der Waals surface area contributed by atoms with Crippen LogP contribution in [0.1, 0.15) is 74.6 Å². The Bertz CT molecular complexity index is 682. The quantitative estimate of drug-likeness (QED) is 0.726. The Hall–Kier alpha value is -1.75. The van der Waals surface area contributed by atoms with Crippen molar-refractivity contribution in [1.29, 1.82) is 0 Å². The van der Waals surface area contributed by atoms with Gasteiger partial charge in [-0.2, -0.15) is 0 Å². The van der Waals surface area contributed by atoms with Gasteiger partial charge in [0.05, 0.1) is 17.1 Å². The van der Waals surface area contributed by atoms with Crippen LogP contribution in [-0.4, -0.2) is 42.4 Å². The number of anilines is 1. The van der Waals surface area contributed by atoms with Gasteiger partial charge in [-0.3, -0.25) is 9.59 Å². The number of nitrogens with one attached hydrogen (secondary N) is 2. The molecule has 28 heavy (non-hydrogen) atoms. The molecule has 5 nitrogen and oxygen atoms in total. The molecule has 2 aliphatic carbocycles. The van der Waals surface area contributed by atoms with E-state index >= 15 is 0 Å². The van der Waals surface area contributed by atoms with E-state index in [1.165, 1.54) is 25.7 Å². The number of carbonyl (C=O) groups is 2. The van der Waals surface area contributed by atoms with Crippen LogP contribution in [0.3, 0.4) is 0 Å². The zero-order valence-corrected chi connectivity index (χ0v) is 17.6. The Kier molecular flexibility index (Phi) is 7.60. The molecule has 0 spiro atoms. The van der Waals surface area contributed by atoms with E-state index in [2.05, 4.69) is 10.6 Å². The minimum atomic E-state index is -0.133. The van der Waals surface area contributed by atoms with E-state index < -0.39 is 0 Å². The lowest BCUT2D eigenvalue weighted by atomic mass is 9.94. The molecule has 0 heterocycles. The Balaban J connectivity index is 1.56. The summed E-state index contributed by atoms with van der Waals surface area (Å²) < 4.78 is 0. The van der Waals surface area contributed by atoms with E-state index in [0.29, 0.717) is 16.6 Å². The molecule has 1 aromatic carbocycles. The second kappa shape index (κ2) is 10.1. The average Bonchev–Trinajstić information content (AvgIpc) is 2.73. The number of halogens is 1. The average molecular weight is 406 g/mol. The Labute approximate surface area is 173 Å². The van der Waals surface area contributed by atoms with Gasteiger partial charge in [-0.05, 0) is 43.9 Å². The summed E-state index contributed by atoms with van der Waals surface area (Å²) in [7, 11) is 1.89. The molecule has 0 saturated heterocycles. The van der Waals surface area contributed by atoms with Crippen molar-refractivity contribution in [2.75, 3.05) is 18.9 Å². The van der Waals surface area contributed by atoms with Crippen molar-refractivity contribution in [2.45, 2.75) is 76.3 Å². The highest BCUT2D eigenvalue weighted by atomic mass is 35.5. The van der Waals surface area contributed by atoms with Gasteiger partial charge >= 0.3 is 0 Å². The summed E-state index contributed by atoms with van der Waals surface area (Å²) in [5, 5.41) is 6.70. The molecule has 2 N–H and O–H groups in total. The molecule has 0 bridgehead atoms. The van der Waals surface area contributed by atoms with Gasteiger partial charge in [-0.1, -0.05) is 50.1 Å². The first-order valence-electron chi connectivity index (χ1n) is 10.6. The molecule has 2 amide bonds. The van der Waals surface area contributed by atoms with Gasteiger partial charge in [0.25, 0.3) is 5.91 Å². The molecular formula is C22H32ClN3O2. The topological polar surface area (TPSA) is 61.4 Å². The van der Waals surface area contributed by atoms with Gasteiger partial charge in [-0.15, -0.1) is 0 Å². The molecule has 154 valence electrons. The zero-order valence-electron chi connectivity index (χ0n) is 16.8. The van der Waals surface area contributed by atoms with Crippen LogP contribution in [0.5, 0.6) is 0 Å². The highest BCUT2D eigenvalue weighted by Gasteiger charge is 2.22. The molecule has 1 aromatic rings. The van der Waals surface area contributed by atoms with Crippen LogP contribution in [0.15, 0.2) is 18.2 Å². The second-order valence-corrected chi connectivity index (χ2v) is 8.56. The van der Waals surface area contributed by atoms with E-state index in [9.17, 15) is 9.59 Å². The van der Waals surface area contributed by atoms with Crippen LogP contribution in [0.2, 0.25) is 5.02 Å². The van der Waals surface area contributed by atoms with E-state index in [0.717, 1.165) is 44.2 Å². The summed E-state index contributed by atoms with van der Waals surface area (Å²) in [5.74, 6) is -0.0544. The lowest BCUT2D eigenvalue weighted by Crippen LogP contribution is -2.41. The standard InChI is InChI=1S/C22H32ClN3O2/c1-26(18-10-6-3-7-11-18)21(27)15-24-17-12-13-20(23)19(14-17)22(28)25-16-8-4-2-5-9-16/h12-14,16,18,24H,2-11,15H2,1H3,(H,25,28). The van der Waals surface area contributed by atoms with Crippen LogP contribution >= 0.6 is 11.6 Å². The maximum atomic E-state index is 12.6. The summed E-state index contributed by atoms with van der Waals surface area (Å²) in [6.07, 6.45) is 11.5.